The minimum Gasteiger partial charge on any atom is -0.454 e. The van der Waals surface area contributed by atoms with Crippen LogP contribution in [0, 0.1) is 0 Å². The Kier molecular flexibility index (Phi) is 5.47. The van der Waals surface area contributed by atoms with Gasteiger partial charge in [0, 0.05) is 23.8 Å². The molecule has 2 aromatic carbocycles. The molecule has 7 nitrogen and oxygen atoms in total. The predicted molar refractivity (Wildman–Crippen MR) is 109 cm³/mol. The van der Waals surface area contributed by atoms with Crippen LogP contribution in [0.1, 0.15) is 43.0 Å². The van der Waals surface area contributed by atoms with Gasteiger partial charge in [0.05, 0.1) is 4.90 Å². The summed E-state index contributed by atoms with van der Waals surface area (Å²) in [5.74, 6) is 0.839. The fourth-order valence-corrected chi connectivity index (χ4v) is 5.55. The van der Waals surface area contributed by atoms with Crippen molar-refractivity contribution in [1.82, 2.24) is 4.31 Å². The molecular weight excluding hydrogens is 392 g/mol. The molecular formula is C21H24N2O5S. The Morgan fingerprint density at radius 2 is 1.86 bits per heavy atom. The number of sulfonamides is 1. The lowest BCUT2D eigenvalue weighted by molar-refractivity contribution is 0.102. The van der Waals surface area contributed by atoms with Crippen LogP contribution >= 0.6 is 0 Å². The predicted octanol–water partition coefficient (Wildman–Crippen LogP) is 3.62. The van der Waals surface area contributed by atoms with Crippen LogP contribution in [0.25, 0.3) is 0 Å². The number of amides is 1. The highest BCUT2D eigenvalue weighted by molar-refractivity contribution is 7.89. The van der Waals surface area contributed by atoms with Gasteiger partial charge in [0.2, 0.25) is 16.8 Å². The maximum absolute atomic E-state index is 13.0. The molecule has 2 aliphatic heterocycles. The molecule has 1 fully saturated rings. The molecule has 0 spiro atoms. The standard InChI is InChI=1S/C21H24N2O5S/c1-2-17-5-3-4-12-23(17)29(25,26)18-9-7-16(8-10-18)22-21(24)15-6-11-19-20(13-15)28-14-27-19/h6-11,13,17H,2-5,12,14H2,1H3,(H,22,24)/t17-/m0/s1. The minimum atomic E-state index is -3.54. The second-order valence-corrected chi connectivity index (χ2v) is 9.11. The SMILES string of the molecule is CC[C@H]1CCCCN1S(=O)(=O)c1ccc(NC(=O)c2ccc3c(c2)OCO3)cc1. The first-order valence-corrected chi connectivity index (χ1v) is 11.3. The van der Waals surface area contributed by atoms with E-state index in [1.54, 1.807) is 46.8 Å². The van der Waals surface area contributed by atoms with Gasteiger partial charge >= 0.3 is 0 Å². The largest absolute Gasteiger partial charge is 0.454 e. The molecule has 1 N–H and O–H groups in total. The van der Waals surface area contributed by atoms with Crippen LogP contribution in [0.2, 0.25) is 0 Å². The first-order chi connectivity index (χ1) is 14.0. The van der Waals surface area contributed by atoms with Crippen molar-refractivity contribution in [2.75, 3.05) is 18.7 Å². The van der Waals surface area contributed by atoms with Gasteiger partial charge < -0.3 is 14.8 Å². The van der Waals surface area contributed by atoms with Crippen molar-refractivity contribution in [2.24, 2.45) is 0 Å². The molecule has 0 radical (unpaired) electrons. The summed E-state index contributed by atoms with van der Waals surface area (Å²) < 4.78 is 38.2. The Morgan fingerprint density at radius 3 is 2.62 bits per heavy atom. The van der Waals surface area contributed by atoms with Crippen LogP contribution < -0.4 is 14.8 Å². The third-order valence-corrected chi connectivity index (χ3v) is 7.36. The zero-order valence-electron chi connectivity index (χ0n) is 16.3. The Bertz CT molecular complexity index is 1000. The minimum absolute atomic E-state index is 0.0548. The molecule has 1 amide bonds. The number of anilines is 1. The highest BCUT2D eigenvalue weighted by Gasteiger charge is 2.32. The molecule has 8 heteroatoms. The maximum atomic E-state index is 13.0. The van der Waals surface area contributed by atoms with Gasteiger partial charge in [-0.15, -0.1) is 0 Å². The number of hydrogen-bond donors (Lipinski definition) is 1. The van der Waals surface area contributed by atoms with Crippen LogP contribution in [0.5, 0.6) is 11.5 Å². The average molecular weight is 416 g/mol. The zero-order valence-corrected chi connectivity index (χ0v) is 17.1. The van der Waals surface area contributed by atoms with E-state index in [4.69, 9.17) is 9.47 Å². The Hall–Kier alpha value is -2.58. The molecule has 1 atom stereocenters. The summed E-state index contributed by atoms with van der Waals surface area (Å²) in [7, 11) is -3.54. The number of hydrogen-bond acceptors (Lipinski definition) is 5. The van der Waals surface area contributed by atoms with E-state index in [2.05, 4.69) is 5.32 Å². The van der Waals surface area contributed by atoms with E-state index in [9.17, 15) is 13.2 Å². The van der Waals surface area contributed by atoms with Gasteiger partial charge in [-0.25, -0.2) is 8.42 Å². The van der Waals surface area contributed by atoms with E-state index >= 15 is 0 Å². The number of piperidine rings is 1. The molecule has 0 aromatic heterocycles. The number of carbonyl (C=O) groups is 1. The normalized spacial score (nSPS) is 19.1. The van der Waals surface area contributed by atoms with E-state index in [0.717, 1.165) is 25.7 Å². The number of nitrogens with zero attached hydrogens (tertiary/aromatic N) is 1. The van der Waals surface area contributed by atoms with E-state index < -0.39 is 10.0 Å². The summed E-state index contributed by atoms with van der Waals surface area (Å²) >= 11 is 0. The molecule has 1 saturated heterocycles. The summed E-state index contributed by atoms with van der Waals surface area (Å²) in [5.41, 5.74) is 0.961. The van der Waals surface area contributed by atoms with Crippen LogP contribution in [0.4, 0.5) is 5.69 Å². The molecule has 2 heterocycles. The molecule has 0 bridgehead atoms. The second-order valence-electron chi connectivity index (χ2n) is 7.22. The number of benzene rings is 2. The number of fused-ring (bicyclic) bond motifs is 1. The van der Waals surface area contributed by atoms with Gasteiger partial charge in [0.1, 0.15) is 0 Å². The fourth-order valence-electron chi connectivity index (χ4n) is 3.79. The van der Waals surface area contributed by atoms with Crippen LogP contribution in [-0.2, 0) is 10.0 Å². The monoisotopic (exact) mass is 416 g/mol. The Labute approximate surface area is 170 Å². The molecule has 0 saturated carbocycles. The van der Waals surface area contributed by atoms with E-state index in [1.165, 1.54) is 0 Å². The van der Waals surface area contributed by atoms with Crippen molar-refractivity contribution in [3.8, 4) is 11.5 Å². The van der Waals surface area contributed by atoms with Crippen molar-refractivity contribution in [3.05, 3.63) is 48.0 Å². The van der Waals surface area contributed by atoms with Gasteiger partial charge in [-0.3, -0.25) is 4.79 Å². The van der Waals surface area contributed by atoms with Gasteiger partial charge in [-0.05, 0) is 61.7 Å². The highest BCUT2D eigenvalue weighted by Crippen LogP contribution is 2.33. The van der Waals surface area contributed by atoms with Gasteiger partial charge in [-0.1, -0.05) is 13.3 Å². The van der Waals surface area contributed by atoms with Gasteiger partial charge in [0.25, 0.3) is 5.91 Å². The number of carbonyl (C=O) groups excluding carboxylic acids is 1. The summed E-state index contributed by atoms with van der Waals surface area (Å²) in [5, 5.41) is 2.78. The summed E-state index contributed by atoms with van der Waals surface area (Å²) in [6, 6.07) is 11.3. The van der Waals surface area contributed by atoms with Crippen LogP contribution in [-0.4, -0.2) is 38.0 Å². The topological polar surface area (TPSA) is 84.9 Å². The number of rotatable bonds is 5. The molecule has 0 aliphatic carbocycles. The molecule has 4 rings (SSSR count). The van der Waals surface area contributed by atoms with Crippen LogP contribution in [0.15, 0.2) is 47.4 Å². The highest BCUT2D eigenvalue weighted by atomic mass is 32.2. The van der Waals surface area contributed by atoms with Gasteiger partial charge in [-0.2, -0.15) is 4.31 Å². The molecule has 2 aromatic rings. The second kappa shape index (κ2) is 8.04. The maximum Gasteiger partial charge on any atom is 0.255 e. The Balaban J connectivity index is 1.48. The third-order valence-electron chi connectivity index (χ3n) is 5.40. The molecule has 0 unspecified atom stereocenters. The van der Waals surface area contributed by atoms with E-state index in [-0.39, 0.29) is 23.6 Å². The first-order valence-electron chi connectivity index (χ1n) is 9.82. The van der Waals surface area contributed by atoms with Crippen molar-refractivity contribution < 1.29 is 22.7 Å². The van der Waals surface area contributed by atoms with Crippen molar-refractivity contribution >= 4 is 21.6 Å². The van der Waals surface area contributed by atoms with Gasteiger partial charge in [0.15, 0.2) is 11.5 Å². The van der Waals surface area contributed by atoms with E-state index in [1.807, 2.05) is 6.92 Å². The summed E-state index contributed by atoms with van der Waals surface area (Å²) in [6.45, 7) is 2.73. The quantitative estimate of drug-likeness (QED) is 0.805. The van der Waals surface area contributed by atoms with Crippen molar-refractivity contribution in [3.63, 3.8) is 0 Å². The fraction of sp³-hybridized carbons (Fsp3) is 0.381. The van der Waals surface area contributed by atoms with Crippen LogP contribution in [0.3, 0.4) is 0 Å². The smallest absolute Gasteiger partial charge is 0.255 e. The lowest BCUT2D eigenvalue weighted by Gasteiger charge is -2.34. The summed E-state index contributed by atoms with van der Waals surface area (Å²) in [6.07, 6.45) is 3.66. The molecule has 154 valence electrons. The average Bonchev–Trinajstić information content (AvgIpc) is 3.22. The summed E-state index contributed by atoms with van der Waals surface area (Å²) in [4.78, 5) is 12.7. The first kappa shape index (κ1) is 19.7. The Morgan fingerprint density at radius 1 is 1.10 bits per heavy atom. The lowest BCUT2D eigenvalue weighted by Crippen LogP contribution is -2.43. The van der Waals surface area contributed by atoms with Crippen molar-refractivity contribution in [2.45, 2.75) is 43.5 Å². The third kappa shape index (κ3) is 3.95. The van der Waals surface area contributed by atoms with Crippen molar-refractivity contribution in [1.29, 1.82) is 0 Å². The number of ether oxygens (including phenoxy) is 2. The zero-order chi connectivity index (χ0) is 20.4. The molecule has 29 heavy (non-hydrogen) atoms. The lowest BCUT2D eigenvalue weighted by atomic mass is 10.0. The molecule has 2 aliphatic rings. The van der Waals surface area contributed by atoms with E-state index in [0.29, 0.717) is 29.3 Å². The number of nitrogens with one attached hydrogen (secondary N) is 1.